The molecule has 0 saturated carbocycles. The van der Waals surface area contributed by atoms with Crippen LogP contribution in [0, 0.1) is 0 Å². The van der Waals surface area contributed by atoms with Crippen LogP contribution in [0.15, 0.2) is 17.5 Å². The minimum Gasteiger partial charge on any atom is -0.352 e. The van der Waals surface area contributed by atoms with Crippen LogP contribution >= 0.6 is 11.3 Å². The van der Waals surface area contributed by atoms with Crippen molar-refractivity contribution in [2.75, 3.05) is 0 Å². The zero-order valence-electron chi connectivity index (χ0n) is 12.9. The maximum atomic E-state index is 12.1. The largest absolute Gasteiger partial charge is 0.352 e. The highest BCUT2D eigenvalue weighted by molar-refractivity contribution is 7.09. The van der Waals surface area contributed by atoms with Crippen molar-refractivity contribution in [1.82, 2.24) is 20.1 Å². The molecule has 22 heavy (non-hydrogen) atoms. The molecule has 0 saturated heterocycles. The Morgan fingerprint density at radius 1 is 1.50 bits per heavy atom. The van der Waals surface area contributed by atoms with Gasteiger partial charge in [0.25, 0.3) is 0 Å². The Hall–Kier alpha value is -1.69. The normalized spacial score (nSPS) is 17.2. The van der Waals surface area contributed by atoms with Crippen molar-refractivity contribution >= 4 is 17.2 Å². The first-order chi connectivity index (χ1) is 10.8. The topological polar surface area (TPSA) is 59.8 Å². The molecule has 3 heterocycles. The molecule has 1 atom stereocenters. The number of nitrogens with zero attached hydrogens (tertiary/aromatic N) is 3. The Kier molecular flexibility index (Phi) is 4.87. The Labute approximate surface area is 134 Å². The summed E-state index contributed by atoms with van der Waals surface area (Å²) in [7, 11) is 0. The second kappa shape index (κ2) is 7.05. The van der Waals surface area contributed by atoms with Crippen molar-refractivity contribution in [3.8, 4) is 0 Å². The second-order valence-electron chi connectivity index (χ2n) is 5.73. The predicted octanol–water partition coefficient (Wildman–Crippen LogP) is 2.36. The first kappa shape index (κ1) is 15.2. The second-order valence-corrected chi connectivity index (χ2v) is 6.76. The van der Waals surface area contributed by atoms with Gasteiger partial charge in [0, 0.05) is 36.7 Å². The molecule has 0 fully saturated rings. The third-order valence-electron chi connectivity index (χ3n) is 4.11. The van der Waals surface area contributed by atoms with Gasteiger partial charge in [-0.25, -0.2) is 0 Å². The lowest BCUT2D eigenvalue weighted by Gasteiger charge is -2.25. The summed E-state index contributed by atoms with van der Waals surface area (Å²) in [4.78, 5) is 13.5. The van der Waals surface area contributed by atoms with Crippen LogP contribution in [-0.2, 0) is 30.6 Å². The number of aryl methyl sites for hydroxylation is 3. The molecule has 0 aromatic carbocycles. The minimum absolute atomic E-state index is 0.163. The first-order valence-electron chi connectivity index (χ1n) is 7.99. The van der Waals surface area contributed by atoms with Crippen molar-refractivity contribution in [2.45, 2.75) is 58.0 Å². The summed E-state index contributed by atoms with van der Waals surface area (Å²) in [6.45, 7) is 2.90. The minimum atomic E-state index is 0.163. The van der Waals surface area contributed by atoms with Crippen LogP contribution in [0.1, 0.15) is 42.7 Å². The summed E-state index contributed by atoms with van der Waals surface area (Å²) in [6, 6.07) is 4.40. The van der Waals surface area contributed by atoms with Gasteiger partial charge >= 0.3 is 0 Å². The summed E-state index contributed by atoms with van der Waals surface area (Å²) < 4.78 is 2.17. The average molecular weight is 318 g/mol. The van der Waals surface area contributed by atoms with E-state index < -0.39 is 0 Å². The van der Waals surface area contributed by atoms with Crippen molar-refractivity contribution in [3.05, 3.63) is 34.0 Å². The number of thiophene rings is 1. The van der Waals surface area contributed by atoms with Gasteiger partial charge in [-0.15, -0.1) is 21.5 Å². The fraction of sp³-hybridized carbons (Fsp3) is 0.562. The quantitative estimate of drug-likeness (QED) is 0.889. The molecule has 1 aliphatic rings. The number of fused-ring (bicyclic) bond motifs is 1. The fourth-order valence-corrected chi connectivity index (χ4v) is 3.69. The van der Waals surface area contributed by atoms with E-state index in [1.165, 1.54) is 4.88 Å². The molecule has 1 N–H and O–H groups in total. The summed E-state index contributed by atoms with van der Waals surface area (Å²) >= 11 is 1.76. The molecule has 2 aromatic heterocycles. The number of carbonyl (C=O) groups excluding carboxylic acids is 1. The molecular weight excluding hydrogens is 296 g/mol. The highest BCUT2D eigenvalue weighted by Gasteiger charge is 2.23. The predicted molar refractivity (Wildman–Crippen MR) is 86.9 cm³/mol. The molecule has 0 spiro atoms. The Morgan fingerprint density at radius 3 is 3.18 bits per heavy atom. The van der Waals surface area contributed by atoms with Crippen LogP contribution in [0.25, 0.3) is 0 Å². The molecule has 0 radical (unpaired) electrons. The fourth-order valence-electron chi connectivity index (χ4n) is 2.94. The Balaban J connectivity index is 1.46. The summed E-state index contributed by atoms with van der Waals surface area (Å²) in [5, 5.41) is 13.7. The van der Waals surface area contributed by atoms with Crippen molar-refractivity contribution < 1.29 is 4.79 Å². The molecule has 0 unspecified atom stereocenters. The van der Waals surface area contributed by atoms with Gasteiger partial charge in [-0.2, -0.15) is 0 Å². The van der Waals surface area contributed by atoms with E-state index in [2.05, 4.69) is 44.5 Å². The number of hydrogen-bond donors (Lipinski definition) is 1. The molecule has 1 aliphatic heterocycles. The van der Waals surface area contributed by atoms with Crippen LogP contribution in [0.4, 0.5) is 0 Å². The van der Waals surface area contributed by atoms with E-state index in [1.807, 2.05) is 0 Å². The maximum Gasteiger partial charge on any atom is 0.220 e. The van der Waals surface area contributed by atoms with Gasteiger partial charge in [0.05, 0.1) is 0 Å². The molecular formula is C16H22N4OS. The van der Waals surface area contributed by atoms with Crippen molar-refractivity contribution in [2.24, 2.45) is 0 Å². The third-order valence-corrected chi connectivity index (χ3v) is 5.05. The Morgan fingerprint density at radius 2 is 2.41 bits per heavy atom. The van der Waals surface area contributed by atoms with E-state index in [-0.39, 0.29) is 11.9 Å². The zero-order valence-corrected chi connectivity index (χ0v) is 13.7. The van der Waals surface area contributed by atoms with E-state index >= 15 is 0 Å². The van der Waals surface area contributed by atoms with Gasteiger partial charge in [0.2, 0.25) is 5.91 Å². The molecule has 6 heteroatoms. The lowest BCUT2D eigenvalue weighted by molar-refractivity contribution is -0.122. The average Bonchev–Trinajstić information content (AvgIpc) is 3.16. The van der Waals surface area contributed by atoms with Crippen LogP contribution < -0.4 is 5.32 Å². The van der Waals surface area contributed by atoms with Crippen LogP contribution in [-0.4, -0.2) is 26.7 Å². The SMILES string of the molecule is CCc1nnc2n1C[C@@H](NC(=O)CCCc1cccs1)CC2. The zero-order chi connectivity index (χ0) is 15.4. The molecule has 1 amide bonds. The van der Waals surface area contributed by atoms with E-state index in [9.17, 15) is 4.79 Å². The van der Waals surface area contributed by atoms with E-state index in [1.54, 1.807) is 11.3 Å². The van der Waals surface area contributed by atoms with Gasteiger partial charge in [0.15, 0.2) is 0 Å². The summed E-state index contributed by atoms with van der Waals surface area (Å²) in [5.41, 5.74) is 0. The highest BCUT2D eigenvalue weighted by atomic mass is 32.1. The third kappa shape index (κ3) is 3.55. The van der Waals surface area contributed by atoms with E-state index in [4.69, 9.17) is 0 Å². The van der Waals surface area contributed by atoms with Crippen molar-refractivity contribution in [3.63, 3.8) is 0 Å². The first-order valence-corrected chi connectivity index (χ1v) is 8.87. The summed E-state index contributed by atoms with van der Waals surface area (Å²) in [6.07, 6.45) is 5.24. The number of amides is 1. The maximum absolute atomic E-state index is 12.1. The van der Waals surface area contributed by atoms with Crippen LogP contribution in [0.3, 0.4) is 0 Å². The van der Waals surface area contributed by atoms with Gasteiger partial charge in [0.1, 0.15) is 11.6 Å². The van der Waals surface area contributed by atoms with Crippen molar-refractivity contribution in [1.29, 1.82) is 0 Å². The number of carbonyl (C=O) groups is 1. The summed E-state index contributed by atoms with van der Waals surface area (Å²) in [5.74, 6) is 2.24. The molecule has 0 aliphatic carbocycles. The Bertz CT molecular complexity index is 607. The van der Waals surface area contributed by atoms with Gasteiger partial charge in [-0.1, -0.05) is 13.0 Å². The monoisotopic (exact) mass is 318 g/mol. The number of nitrogens with one attached hydrogen (secondary N) is 1. The lowest BCUT2D eigenvalue weighted by Crippen LogP contribution is -2.41. The van der Waals surface area contributed by atoms with Gasteiger partial charge in [-0.3, -0.25) is 4.79 Å². The van der Waals surface area contributed by atoms with E-state index in [0.29, 0.717) is 6.42 Å². The number of hydrogen-bond acceptors (Lipinski definition) is 4. The van der Waals surface area contributed by atoms with Gasteiger partial charge < -0.3 is 9.88 Å². The van der Waals surface area contributed by atoms with Crippen LogP contribution in [0.2, 0.25) is 0 Å². The molecule has 118 valence electrons. The smallest absolute Gasteiger partial charge is 0.220 e. The lowest BCUT2D eigenvalue weighted by atomic mass is 10.1. The standard InChI is InChI=1S/C16H22N4OS/c1-2-14-18-19-15-9-8-12(11-20(14)15)17-16(21)7-3-5-13-6-4-10-22-13/h4,6,10,12H,2-3,5,7-9,11H2,1H3,(H,17,21)/t12-/m0/s1. The van der Waals surface area contributed by atoms with E-state index in [0.717, 1.165) is 50.3 Å². The molecule has 0 bridgehead atoms. The molecule has 2 aromatic rings. The molecule has 5 nitrogen and oxygen atoms in total. The van der Waals surface area contributed by atoms with Crippen LogP contribution in [0.5, 0.6) is 0 Å². The highest BCUT2D eigenvalue weighted by Crippen LogP contribution is 2.16. The number of rotatable bonds is 6. The van der Waals surface area contributed by atoms with Gasteiger partial charge in [-0.05, 0) is 30.7 Å². The molecule has 3 rings (SSSR count). The number of aromatic nitrogens is 3.